The Morgan fingerprint density at radius 2 is 1.10 bits per heavy atom. The van der Waals surface area contributed by atoms with Crippen molar-refractivity contribution in [3.05, 3.63) is 137 Å². The average molecular weight is 853 g/mol. The van der Waals surface area contributed by atoms with Crippen molar-refractivity contribution < 1.29 is 8.78 Å². The van der Waals surface area contributed by atoms with Crippen LogP contribution in [0.5, 0.6) is 0 Å². The van der Waals surface area contributed by atoms with Gasteiger partial charge in [-0.2, -0.15) is 10.2 Å². The van der Waals surface area contributed by atoms with Gasteiger partial charge < -0.3 is 41.3 Å². The van der Waals surface area contributed by atoms with Gasteiger partial charge in [-0.25, -0.2) is 23.7 Å². The lowest BCUT2D eigenvalue weighted by molar-refractivity contribution is 0.313. The van der Waals surface area contributed by atoms with Gasteiger partial charge in [0, 0.05) is 98.9 Å². The first kappa shape index (κ1) is 43.3. The molecule has 310 valence electrons. The van der Waals surface area contributed by atoms with Crippen molar-refractivity contribution >= 4 is 74.9 Å². The van der Waals surface area contributed by atoms with E-state index in [1.807, 2.05) is 24.3 Å². The highest BCUT2D eigenvalue weighted by molar-refractivity contribution is 6.31. The third kappa shape index (κ3) is 12.8. The second-order valence-corrected chi connectivity index (χ2v) is 14.8. The summed E-state index contributed by atoms with van der Waals surface area (Å²) in [6.07, 6.45) is 3.15. The van der Waals surface area contributed by atoms with Crippen LogP contribution in [0.25, 0.3) is 0 Å². The van der Waals surface area contributed by atoms with E-state index in [2.05, 4.69) is 93.8 Å². The molecule has 60 heavy (non-hydrogen) atoms. The van der Waals surface area contributed by atoms with Gasteiger partial charge in [-0.05, 0) is 123 Å². The number of nitrogens with zero attached hydrogens (tertiary/aromatic N) is 9. The molecule has 0 aliphatic carbocycles. The fourth-order valence-corrected chi connectivity index (χ4v) is 6.48. The van der Waals surface area contributed by atoms with Gasteiger partial charge in [-0.1, -0.05) is 11.6 Å². The molecule has 5 N–H and O–H groups in total. The van der Waals surface area contributed by atoms with Gasteiger partial charge >= 0.3 is 0 Å². The number of halogens is 4. The van der Waals surface area contributed by atoms with Crippen LogP contribution in [0, 0.1) is 23.0 Å². The van der Waals surface area contributed by atoms with Gasteiger partial charge in [0.1, 0.15) is 29.3 Å². The summed E-state index contributed by atoms with van der Waals surface area (Å²) >= 11 is 11.4. The third-order valence-electron chi connectivity index (χ3n) is 9.59. The molecule has 2 fully saturated rings. The van der Waals surface area contributed by atoms with Crippen molar-refractivity contribution in [2.24, 2.45) is 0 Å². The Labute approximate surface area is 358 Å². The molecule has 0 radical (unpaired) electrons. The quantitative estimate of drug-likeness (QED) is 0.0858. The first-order valence-corrected chi connectivity index (χ1v) is 19.9. The lowest BCUT2D eigenvalue weighted by atomic mass is 10.2. The highest BCUT2D eigenvalue weighted by Crippen LogP contribution is 2.25. The molecule has 13 nitrogen and oxygen atoms in total. The molecule has 0 spiro atoms. The molecular weight excluding hydrogens is 807 g/mol. The summed E-state index contributed by atoms with van der Waals surface area (Å²) in [7, 11) is 4.32. The third-order valence-corrected chi connectivity index (χ3v) is 10.1. The van der Waals surface area contributed by atoms with E-state index >= 15 is 0 Å². The van der Waals surface area contributed by atoms with Gasteiger partial charge in [0.15, 0.2) is 0 Å². The Hall–Kier alpha value is -6.31. The monoisotopic (exact) mass is 851 g/mol. The maximum atomic E-state index is 13.3. The number of rotatable bonds is 8. The molecule has 0 bridgehead atoms. The summed E-state index contributed by atoms with van der Waals surface area (Å²) in [5, 5.41) is 18.1. The highest BCUT2D eigenvalue weighted by Gasteiger charge is 2.15. The van der Waals surface area contributed by atoms with E-state index in [9.17, 15) is 8.78 Å². The standard InChI is InChI=1S/C21H22ClFN6.C11H6ClFN4.C11H17N3/c1-28-10-12-29(13-11-28)17-5-2-15(3-6-17)26-21-24-9-8-20(27-21)25-16-4-7-19(23)18(22)14-16;12-11-15-4-3-10(17-11)16-8-1-2-9(13)7(5-8)6-14;1-13-6-8-14(9-7-13)11-4-2-10(12)3-5-11/h2-9,14H,10-13H2,1H3,(H2,24,25,26,27);1-5H,(H,15,16,17);2-5H,6-9,12H2,1H3. The summed E-state index contributed by atoms with van der Waals surface area (Å²) in [6.45, 7) is 8.73. The highest BCUT2D eigenvalue weighted by atomic mass is 35.5. The topological polar surface area (TPSA) is 150 Å². The van der Waals surface area contributed by atoms with Crippen LogP contribution in [-0.2, 0) is 0 Å². The summed E-state index contributed by atoms with van der Waals surface area (Å²) < 4.78 is 26.4. The van der Waals surface area contributed by atoms with Crippen LogP contribution in [0.15, 0.2) is 109 Å². The van der Waals surface area contributed by atoms with Gasteiger partial charge in [0.25, 0.3) is 0 Å². The molecular formula is C43H45Cl2F2N13. The van der Waals surface area contributed by atoms with Crippen LogP contribution in [0.2, 0.25) is 10.3 Å². The van der Waals surface area contributed by atoms with E-state index in [1.54, 1.807) is 30.5 Å². The molecule has 4 heterocycles. The summed E-state index contributed by atoms with van der Waals surface area (Å²) in [5.41, 5.74) is 11.1. The molecule has 0 unspecified atom stereocenters. The largest absolute Gasteiger partial charge is 0.399 e. The maximum absolute atomic E-state index is 13.3. The Balaban J connectivity index is 0.000000165. The van der Waals surface area contributed by atoms with E-state index in [0.29, 0.717) is 29.0 Å². The van der Waals surface area contributed by atoms with Crippen LogP contribution >= 0.6 is 23.2 Å². The molecule has 17 heteroatoms. The molecule has 8 rings (SSSR count). The number of anilines is 9. The van der Waals surface area contributed by atoms with E-state index in [1.165, 1.54) is 47.9 Å². The van der Waals surface area contributed by atoms with Crippen molar-refractivity contribution in [1.82, 2.24) is 29.7 Å². The number of nitrogens with two attached hydrogens (primary N) is 1. The lowest BCUT2D eigenvalue weighted by Gasteiger charge is -2.34. The van der Waals surface area contributed by atoms with Crippen LogP contribution in [0.3, 0.4) is 0 Å². The van der Waals surface area contributed by atoms with E-state index in [-0.39, 0.29) is 15.9 Å². The van der Waals surface area contributed by atoms with Gasteiger partial charge in [-0.3, -0.25) is 0 Å². The SMILES string of the molecule is CN1CCN(c2ccc(N)cc2)CC1.CN1CCN(c2ccc(Nc3nccc(Nc4ccc(F)c(Cl)c4)n3)cc2)CC1.N#Cc1cc(Nc2ccnc(Cl)n2)ccc1F. The lowest BCUT2D eigenvalue weighted by Crippen LogP contribution is -2.44. The molecule has 6 aromatic rings. The first-order valence-electron chi connectivity index (χ1n) is 19.1. The second kappa shape index (κ2) is 21.1. The minimum atomic E-state index is -0.557. The molecule has 2 aromatic heterocycles. The van der Waals surface area contributed by atoms with E-state index < -0.39 is 11.6 Å². The zero-order valence-corrected chi connectivity index (χ0v) is 34.7. The van der Waals surface area contributed by atoms with Crippen LogP contribution in [0.1, 0.15) is 5.56 Å². The van der Waals surface area contributed by atoms with Gasteiger partial charge in [0.2, 0.25) is 11.2 Å². The first-order chi connectivity index (χ1) is 29.0. The molecule has 0 atom stereocenters. The number of nitrogen functional groups attached to an aromatic ring is 1. The summed E-state index contributed by atoms with van der Waals surface area (Å²) in [6, 6.07) is 30.0. The molecule has 2 aliphatic heterocycles. The number of piperazine rings is 2. The van der Waals surface area contributed by atoms with E-state index in [4.69, 9.17) is 34.2 Å². The molecule has 4 aromatic carbocycles. The zero-order chi connectivity index (χ0) is 42.4. The Morgan fingerprint density at radius 1 is 0.600 bits per heavy atom. The van der Waals surface area contributed by atoms with Crippen molar-refractivity contribution in [1.29, 1.82) is 5.26 Å². The zero-order valence-electron chi connectivity index (χ0n) is 33.2. The second-order valence-electron chi connectivity index (χ2n) is 14.0. The molecule has 0 saturated carbocycles. The minimum absolute atomic E-state index is 0.0323. The number of aromatic nitrogens is 4. The maximum Gasteiger partial charge on any atom is 0.229 e. The average Bonchev–Trinajstić information content (AvgIpc) is 3.25. The Morgan fingerprint density at radius 3 is 1.65 bits per heavy atom. The number of benzene rings is 4. The number of nitriles is 1. The molecule has 2 saturated heterocycles. The summed E-state index contributed by atoms with van der Waals surface area (Å²) in [4.78, 5) is 25.8. The number of hydrogen-bond acceptors (Lipinski definition) is 13. The van der Waals surface area contributed by atoms with Crippen LogP contribution < -0.4 is 31.5 Å². The minimum Gasteiger partial charge on any atom is -0.399 e. The molecule has 2 aliphatic rings. The van der Waals surface area contributed by atoms with E-state index in [0.717, 1.165) is 63.7 Å². The number of nitrogens with one attached hydrogen (secondary N) is 3. The smallest absolute Gasteiger partial charge is 0.229 e. The Bertz CT molecular complexity index is 2350. The predicted molar refractivity (Wildman–Crippen MR) is 238 cm³/mol. The predicted octanol–water partition coefficient (Wildman–Crippen LogP) is 8.41. The number of likely N-dealkylation sites (N-methyl/N-ethyl adjacent to an activating group) is 2. The fraction of sp³-hybridized carbons (Fsp3) is 0.233. The van der Waals surface area contributed by atoms with Crippen molar-refractivity contribution in [2.45, 2.75) is 0 Å². The summed E-state index contributed by atoms with van der Waals surface area (Å²) in [5.74, 6) is 0.510. The van der Waals surface area contributed by atoms with Crippen LogP contribution in [-0.4, -0.2) is 96.2 Å². The Kier molecular flexibility index (Phi) is 15.2. The fourth-order valence-electron chi connectivity index (χ4n) is 6.15. The van der Waals surface area contributed by atoms with Gasteiger partial charge in [0.05, 0.1) is 10.6 Å². The molecule has 0 amide bonds. The van der Waals surface area contributed by atoms with Crippen molar-refractivity contribution in [2.75, 3.05) is 97.9 Å². The number of hydrogen-bond donors (Lipinski definition) is 4. The van der Waals surface area contributed by atoms with Crippen molar-refractivity contribution in [3.63, 3.8) is 0 Å². The van der Waals surface area contributed by atoms with Crippen LogP contribution in [0.4, 0.5) is 60.5 Å². The normalized spacial score (nSPS) is 14.2. The van der Waals surface area contributed by atoms with Crippen molar-refractivity contribution in [3.8, 4) is 6.07 Å². The van der Waals surface area contributed by atoms with Gasteiger partial charge in [-0.15, -0.1) is 0 Å².